The average molecular weight is 354 g/mol. The van der Waals surface area contributed by atoms with E-state index >= 15 is 0 Å². The standard InChI is InChI=1S/C17H20ClN3O.ClH/c18-14-3-1-12(2-4-14)17-20-15(11-22-17)10-21-8-6-16-13(9-21)5-7-19-16;/h1-4,11,13,16,19H,5-10H2;1H. The number of nitrogens with zero attached hydrogens (tertiary/aromatic N) is 2. The highest BCUT2D eigenvalue weighted by atomic mass is 35.5. The number of rotatable bonds is 3. The van der Waals surface area contributed by atoms with E-state index in [4.69, 9.17) is 16.0 Å². The summed E-state index contributed by atoms with van der Waals surface area (Å²) in [5.41, 5.74) is 1.98. The molecule has 0 spiro atoms. The number of piperidine rings is 1. The van der Waals surface area contributed by atoms with Gasteiger partial charge < -0.3 is 9.73 Å². The lowest BCUT2D eigenvalue weighted by Gasteiger charge is -2.34. The first kappa shape index (κ1) is 16.8. The number of halogens is 2. The third-order valence-electron chi connectivity index (χ3n) is 4.77. The van der Waals surface area contributed by atoms with E-state index in [-0.39, 0.29) is 12.4 Å². The van der Waals surface area contributed by atoms with Gasteiger partial charge in [-0.3, -0.25) is 4.90 Å². The number of aromatic nitrogens is 1. The second-order valence-corrected chi connectivity index (χ2v) is 6.72. The van der Waals surface area contributed by atoms with Crippen LogP contribution in [0.3, 0.4) is 0 Å². The molecule has 0 aliphatic carbocycles. The van der Waals surface area contributed by atoms with Crippen molar-refractivity contribution in [2.75, 3.05) is 19.6 Å². The van der Waals surface area contributed by atoms with Crippen LogP contribution in [0.25, 0.3) is 11.5 Å². The smallest absolute Gasteiger partial charge is 0.226 e. The summed E-state index contributed by atoms with van der Waals surface area (Å²) in [4.78, 5) is 7.12. The van der Waals surface area contributed by atoms with Crippen LogP contribution >= 0.6 is 24.0 Å². The third kappa shape index (κ3) is 3.72. The first-order valence-corrected chi connectivity index (χ1v) is 8.32. The Hall–Kier alpha value is -1.07. The van der Waals surface area contributed by atoms with Crippen LogP contribution in [-0.2, 0) is 6.54 Å². The van der Waals surface area contributed by atoms with Crippen LogP contribution in [0.2, 0.25) is 5.02 Å². The molecule has 1 N–H and O–H groups in total. The molecule has 2 aliphatic heterocycles. The number of hydrogen-bond donors (Lipinski definition) is 1. The summed E-state index contributed by atoms with van der Waals surface area (Å²) in [6, 6.07) is 8.33. The van der Waals surface area contributed by atoms with E-state index in [0.29, 0.717) is 5.89 Å². The zero-order chi connectivity index (χ0) is 14.9. The summed E-state index contributed by atoms with van der Waals surface area (Å²) in [5, 5.41) is 4.33. The first-order chi connectivity index (χ1) is 10.8. The maximum absolute atomic E-state index is 5.91. The van der Waals surface area contributed by atoms with Crippen molar-refractivity contribution in [1.82, 2.24) is 15.2 Å². The lowest BCUT2D eigenvalue weighted by atomic mass is 9.93. The van der Waals surface area contributed by atoms with E-state index in [0.717, 1.165) is 41.3 Å². The highest BCUT2D eigenvalue weighted by Crippen LogP contribution is 2.26. The zero-order valence-electron chi connectivity index (χ0n) is 12.9. The van der Waals surface area contributed by atoms with E-state index < -0.39 is 0 Å². The van der Waals surface area contributed by atoms with Crippen molar-refractivity contribution in [3.63, 3.8) is 0 Å². The number of likely N-dealkylation sites (tertiary alicyclic amines) is 1. The van der Waals surface area contributed by atoms with Crippen LogP contribution in [0.5, 0.6) is 0 Å². The Morgan fingerprint density at radius 2 is 2.09 bits per heavy atom. The van der Waals surface area contributed by atoms with Crippen LogP contribution in [-0.4, -0.2) is 35.6 Å². The van der Waals surface area contributed by atoms with Crippen LogP contribution in [0.1, 0.15) is 18.5 Å². The molecule has 3 heterocycles. The minimum absolute atomic E-state index is 0. The van der Waals surface area contributed by atoms with Gasteiger partial charge in [-0.1, -0.05) is 11.6 Å². The predicted molar refractivity (Wildman–Crippen MR) is 94.0 cm³/mol. The molecule has 2 aromatic rings. The van der Waals surface area contributed by atoms with Gasteiger partial charge in [0, 0.05) is 36.3 Å². The summed E-state index contributed by atoms with van der Waals surface area (Å²) < 4.78 is 5.63. The van der Waals surface area contributed by atoms with Crippen LogP contribution < -0.4 is 5.32 Å². The van der Waals surface area contributed by atoms with Gasteiger partial charge in [-0.25, -0.2) is 4.98 Å². The second kappa shape index (κ2) is 7.22. The average Bonchev–Trinajstić information content (AvgIpc) is 3.17. The van der Waals surface area contributed by atoms with Crippen molar-refractivity contribution < 1.29 is 4.42 Å². The van der Waals surface area contributed by atoms with Crippen molar-refractivity contribution in [3.05, 3.63) is 41.2 Å². The normalized spacial score (nSPS) is 24.2. The lowest BCUT2D eigenvalue weighted by molar-refractivity contribution is 0.154. The molecule has 2 saturated heterocycles. The number of benzene rings is 1. The first-order valence-electron chi connectivity index (χ1n) is 7.94. The Labute approximate surface area is 147 Å². The topological polar surface area (TPSA) is 41.3 Å². The molecule has 2 unspecified atom stereocenters. The molecule has 0 bridgehead atoms. The van der Waals surface area contributed by atoms with Crippen molar-refractivity contribution in [1.29, 1.82) is 0 Å². The van der Waals surface area contributed by atoms with E-state index in [1.54, 1.807) is 6.26 Å². The molecule has 23 heavy (non-hydrogen) atoms. The van der Waals surface area contributed by atoms with E-state index in [1.807, 2.05) is 24.3 Å². The predicted octanol–water partition coefficient (Wildman–Crippen LogP) is 3.60. The summed E-state index contributed by atoms with van der Waals surface area (Å²) in [6.07, 6.45) is 4.32. The third-order valence-corrected chi connectivity index (χ3v) is 5.02. The Kier molecular flexibility index (Phi) is 5.27. The molecule has 1 aromatic carbocycles. The SMILES string of the molecule is Cl.Clc1ccc(-c2nc(CN3CCC4NCCC4C3)co2)cc1. The number of oxazole rings is 1. The molecule has 2 atom stereocenters. The minimum Gasteiger partial charge on any atom is -0.444 e. The molecule has 0 amide bonds. The molecular formula is C17H21Cl2N3O. The summed E-state index contributed by atoms with van der Waals surface area (Å²) >= 11 is 5.91. The van der Waals surface area contributed by atoms with Gasteiger partial charge in [0.2, 0.25) is 5.89 Å². The van der Waals surface area contributed by atoms with Gasteiger partial charge in [-0.15, -0.1) is 12.4 Å². The van der Waals surface area contributed by atoms with Crippen LogP contribution in [0.4, 0.5) is 0 Å². The largest absolute Gasteiger partial charge is 0.444 e. The number of hydrogen-bond acceptors (Lipinski definition) is 4. The molecule has 4 rings (SSSR count). The Bertz CT molecular complexity index is 644. The van der Waals surface area contributed by atoms with Crippen molar-refractivity contribution in [2.24, 2.45) is 5.92 Å². The van der Waals surface area contributed by atoms with E-state index in [2.05, 4.69) is 15.2 Å². The molecule has 124 valence electrons. The maximum atomic E-state index is 5.91. The highest BCUT2D eigenvalue weighted by Gasteiger charge is 2.32. The number of nitrogens with one attached hydrogen (secondary N) is 1. The maximum Gasteiger partial charge on any atom is 0.226 e. The van der Waals surface area contributed by atoms with Crippen LogP contribution in [0, 0.1) is 5.92 Å². The van der Waals surface area contributed by atoms with Crippen LogP contribution in [0.15, 0.2) is 34.9 Å². The van der Waals surface area contributed by atoms with Gasteiger partial charge >= 0.3 is 0 Å². The Morgan fingerprint density at radius 1 is 1.26 bits per heavy atom. The lowest BCUT2D eigenvalue weighted by Crippen LogP contribution is -2.43. The Morgan fingerprint density at radius 3 is 2.91 bits per heavy atom. The summed E-state index contributed by atoms with van der Waals surface area (Å²) in [6.45, 7) is 4.35. The zero-order valence-corrected chi connectivity index (χ0v) is 14.4. The highest BCUT2D eigenvalue weighted by molar-refractivity contribution is 6.30. The fraction of sp³-hybridized carbons (Fsp3) is 0.471. The quantitative estimate of drug-likeness (QED) is 0.915. The van der Waals surface area contributed by atoms with Crippen molar-refractivity contribution >= 4 is 24.0 Å². The molecule has 6 heteroatoms. The van der Waals surface area contributed by atoms with Crippen molar-refractivity contribution in [3.8, 4) is 11.5 Å². The van der Waals surface area contributed by atoms with Gasteiger partial charge in [0.15, 0.2) is 0 Å². The molecule has 4 nitrogen and oxygen atoms in total. The van der Waals surface area contributed by atoms with Crippen molar-refractivity contribution in [2.45, 2.75) is 25.4 Å². The van der Waals surface area contributed by atoms with Gasteiger partial charge in [0.25, 0.3) is 0 Å². The molecule has 0 saturated carbocycles. The van der Waals surface area contributed by atoms with Gasteiger partial charge in [-0.05, 0) is 49.6 Å². The monoisotopic (exact) mass is 353 g/mol. The fourth-order valence-corrected chi connectivity index (χ4v) is 3.73. The van der Waals surface area contributed by atoms with E-state index in [1.165, 1.54) is 25.9 Å². The minimum atomic E-state index is 0. The Balaban J connectivity index is 0.00000156. The summed E-state index contributed by atoms with van der Waals surface area (Å²) in [7, 11) is 0. The fourth-order valence-electron chi connectivity index (χ4n) is 3.60. The molecule has 0 radical (unpaired) electrons. The van der Waals surface area contributed by atoms with Gasteiger partial charge in [-0.2, -0.15) is 0 Å². The number of fused-ring (bicyclic) bond motifs is 1. The van der Waals surface area contributed by atoms with E-state index in [9.17, 15) is 0 Å². The molecule has 2 fully saturated rings. The molecule has 1 aromatic heterocycles. The van der Waals surface area contributed by atoms with Gasteiger partial charge in [0.1, 0.15) is 6.26 Å². The van der Waals surface area contributed by atoms with Gasteiger partial charge in [0.05, 0.1) is 5.69 Å². The molecule has 2 aliphatic rings. The summed E-state index contributed by atoms with van der Waals surface area (Å²) in [5.74, 6) is 1.47. The second-order valence-electron chi connectivity index (χ2n) is 6.28. The molecular weight excluding hydrogens is 333 g/mol.